The van der Waals surface area contributed by atoms with E-state index in [4.69, 9.17) is 16.3 Å². The molecule has 0 spiro atoms. The summed E-state index contributed by atoms with van der Waals surface area (Å²) in [5.41, 5.74) is 1.73. The van der Waals surface area contributed by atoms with Crippen molar-refractivity contribution in [2.45, 2.75) is 31.6 Å². The van der Waals surface area contributed by atoms with Gasteiger partial charge >= 0.3 is 5.97 Å². The average Bonchev–Trinajstić information content (AvgIpc) is 2.85. The molecule has 3 aromatic rings. The first-order chi connectivity index (χ1) is 16.7. The van der Waals surface area contributed by atoms with E-state index in [0.29, 0.717) is 34.1 Å². The highest BCUT2D eigenvalue weighted by Gasteiger charge is 2.28. The largest absolute Gasteiger partial charge is 0.462 e. The van der Waals surface area contributed by atoms with Gasteiger partial charge in [-0.1, -0.05) is 49.2 Å². The second kappa shape index (κ2) is 11.9. The van der Waals surface area contributed by atoms with Crippen molar-refractivity contribution in [2.24, 2.45) is 0 Å². The Morgan fingerprint density at radius 2 is 1.69 bits per heavy atom. The molecule has 9 heteroatoms. The molecule has 7 nitrogen and oxygen atoms in total. The van der Waals surface area contributed by atoms with Gasteiger partial charge in [-0.05, 0) is 67.4 Å². The Balaban J connectivity index is 1.81. The number of unbranched alkanes of at least 4 members (excludes halogenated alkanes) is 1. The number of hydrogen-bond acceptors (Lipinski definition) is 5. The molecule has 0 aliphatic carbocycles. The van der Waals surface area contributed by atoms with Crippen LogP contribution in [0.5, 0.6) is 0 Å². The highest BCUT2D eigenvalue weighted by Crippen LogP contribution is 2.29. The number of benzene rings is 3. The van der Waals surface area contributed by atoms with Gasteiger partial charge in [-0.25, -0.2) is 13.2 Å². The van der Waals surface area contributed by atoms with Crippen LogP contribution in [-0.4, -0.2) is 33.4 Å². The van der Waals surface area contributed by atoms with E-state index in [1.165, 1.54) is 18.2 Å². The van der Waals surface area contributed by atoms with Crippen molar-refractivity contribution < 1.29 is 22.7 Å². The molecule has 0 unspecified atom stereocenters. The van der Waals surface area contributed by atoms with Gasteiger partial charge in [0.15, 0.2) is 0 Å². The van der Waals surface area contributed by atoms with E-state index in [1.54, 1.807) is 61.5 Å². The number of nitrogens with zero attached hydrogens (tertiary/aromatic N) is 1. The van der Waals surface area contributed by atoms with Crippen molar-refractivity contribution in [3.63, 3.8) is 0 Å². The molecule has 1 N–H and O–H groups in total. The van der Waals surface area contributed by atoms with Gasteiger partial charge in [0.1, 0.15) is 6.54 Å². The van der Waals surface area contributed by atoms with Gasteiger partial charge in [-0.3, -0.25) is 9.10 Å². The quantitative estimate of drug-likeness (QED) is 0.287. The minimum absolute atomic E-state index is 0.0538. The number of hydrogen-bond donors (Lipinski definition) is 1. The number of amides is 1. The van der Waals surface area contributed by atoms with E-state index in [-0.39, 0.29) is 4.90 Å². The molecule has 0 saturated carbocycles. The van der Waals surface area contributed by atoms with E-state index < -0.39 is 28.4 Å². The highest BCUT2D eigenvalue weighted by molar-refractivity contribution is 7.92. The Bertz CT molecular complexity index is 1280. The van der Waals surface area contributed by atoms with Crippen molar-refractivity contribution in [1.82, 2.24) is 0 Å². The number of carbonyl (C=O) groups is 2. The van der Waals surface area contributed by atoms with Crippen molar-refractivity contribution in [2.75, 3.05) is 22.8 Å². The van der Waals surface area contributed by atoms with Crippen LogP contribution in [0.4, 0.5) is 11.4 Å². The lowest BCUT2D eigenvalue weighted by Crippen LogP contribution is -2.38. The zero-order valence-electron chi connectivity index (χ0n) is 19.5. The molecule has 184 valence electrons. The molecule has 0 aromatic heterocycles. The number of esters is 1. The maximum absolute atomic E-state index is 13.5. The summed E-state index contributed by atoms with van der Waals surface area (Å²) in [4.78, 5) is 25.0. The zero-order chi connectivity index (χ0) is 25.4. The number of sulfonamides is 1. The molecule has 35 heavy (non-hydrogen) atoms. The highest BCUT2D eigenvalue weighted by atomic mass is 35.5. The lowest BCUT2D eigenvalue weighted by atomic mass is 10.2. The normalized spacial score (nSPS) is 11.1. The minimum atomic E-state index is -4.06. The van der Waals surface area contributed by atoms with Crippen LogP contribution in [0.25, 0.3) is 0 Å². The number of ether oxygens (including phenoxy) is 1. The van der Waals surface area contributed by atoms with Crippen LogP contribution in [0.15, 0.2) is 77.7 Å². The van der Waals surface area contributed by atoms with Gasteiger partial charge in [-0.2, -0.15) is 0 Å². The molecular weight excluding hydrogens is 488 g/mol. The van der Waals surface area contributed by atoms with Gasteiger partial charge in [-0.15, -0.1) is 0 Å². The lowest BCUT2D eigenvalue weighted by molar-refractivity contribution is -0.114. The van der Waals surface area contributed by atoms with Crippen LogP contribution >= 0.6 is 11.6 Å². The molecule has 0 radical (unpaired) electrons. The van der Waals surface area contributed by atoms with Gasteiger partial charge in [0.25, 0.3) is 10.0 Å². The Hall–Kier alpha value is -3.36. The zero-order valence-corrected chi connectivity index (χ0v) is 21.1. The fraction of sp³-hybridized carbons (Fsp3) is 0.231. The van der Waals surface area contributed by atoms with Crippen LogP contribution in [0.3, 0.4) is 0 Å². The summed E-state index contributed by atoms with van der Waals surface area (Å²) in [6.45, 7) is 3.63. The first-order valence-corrected chi connectivity index (χ1v) is 12.9. The predicted molar refractivity (Wildman–Crippen MR) is 137 cm³/mol. The van der Waals surface area contributed by atoms with Crippen LogP contribution < -0.4 is 9.62 Å². The average molecular weight is 515 g/mol. The van der Waals surface area contributed by atoms with E-state index in [2.05, 4.69) is 5.32 Å². The monoisotopic (exact) mass is 514 g/mol. The third-order valence-electron chi connectivity index (χ3n) is 5.19. The first-order valence-electron chi connectivity index (χ1n) is 11.1. The summed E-state index contributed by atoms with van der Waals surface area (Å²) in [5, 5.41) is 3.04. The second-order valence-electron chi connectivity index (χ2n) is 7.87. The Morgan fingerprint density at radius 3 is 2.34 bits per heavy atom. The lowest BCUT2D eigenvalue weighted by Gasteiger charge is -2.26. The third kappa shape index (κ3) is 6.83. The fourth-order valence-electron chi connectivity index (χ4n) is 3.28. The second-order valence-corrected chi connectivity index (χ2v) is 10.2. The smallest absolute Gasteiger partial charge is 0.338 e. The molecule has 0 atom stereocenters. The van der Waals surface area contributed by atoms with E-state index in [0.717, 1.165) is 17.1 Å². The van der Waals surface area contributed by atoms with Crippen molar-refractivity contribution >= 4 is 44.9 Å². The number of halogens is 1. The number of rotatable bonds is 10. The van der Waals surface area contributed by atoms with Crippen LogP contribution in [0.1, 0.15) is 35.7 Å². The minimum Gasteiger partial charge on any atom is -0.462 e. The molecule has 0 heterocycles. The van der Waals surface area contributed by atoms with Gasteiger partial charge < -0.3 is 10.1 Å². The van der Waals surface area contributed by atoms with Gasteiger partial charge in [0.2, 0.25) is 5.91 Å². The Kier molecular flexibility index (Phi) is 8.89. The van der Waals surface area contributed by atoms with E-state index >= 15 is 0 Å². The summed E-state index contributed by atoms with van der Waals surface area (Å²) in [7, 11) is -4.06. The Morgan fingerprint density at radius 1 is 1.00 bits per heavy atom. The topological polar surface area (TPSA) is 92.8 Å². The van der Waals surface area contributed by atoms with Gasteiger partial charge in [0, 0.05) is 10.7 Å². The molecule has 3 rings (SSSR count). The maximum atomic E-state index is 13.5. The van der Waals surface area contributed by atoms with Crippen LogP contribution in [-0.2, 0) is 19.6 Å². The molecule has 0 aliphatic rings. The molecule has 0 fully saturated rings. The number of nitrogens with one attached hydrogen (secondary N) is 1. The standard InChI is InChI=1S/C26H27ClN2O5S/c1-3-4-16-34-26(31)20-11-14-22(15-12-20)28-25(30)18-29(24-17-21(27)13-10-19(24)2)35(32,33)23-8-6-5-7-9-23/h5-15,17H,3-4,16,18H2,1-2H3,(H,28,30). The third-order valence-corrected chi connectivity index (χ3v) is 7.20. The van der Waals surface area contributed by atoms with Crippen molar-refractivity contribution in [1.29, 1.82) is 0 Å². The molecular formula is C26H27ClN2O5S. The molecule has 0 aliphatic heterocycles. The number of carbonyl (C=O) groups excluding carboxylic acids is 2. The SMILES string of the molecule is CCCCOC(=O)c1ccc(NC(=O)CN(c2cc(Cl)ccc2C)S(=O)(=O)c2ccccc2)cc1. The summed E-state index contributed by atoms with van der Waals surface area (Å²) in [6.07, 6.45) is 1.71. The maximum Gasteiger partial charge on any atom is 0.338 e. The molecule has 1 amide bonds. The Labute approximate surface area is 210 Å². The summed E-state index contributed by atoms with van der Waals surface area (Å²) >= 11 is 6.14. The fourth-order valence-corrected chi connectivity index (χ4v) is 4.95. The van der Waals surface area contributed by atoms with Crippen molar-refractivity contribution in [3.05, 3.63) is 88.9 Å². The number of anilines is 2. The van der Waals surface area contributed by atoms with Crippen molar-refractivity contribution in [3.8, 4) is 0 Å². The first kappa shape index (κ1) is 26.2. The summed E-state index contributed by atoms with van der Waals surface area (Å²) in [6, 6.07) is 19.0. The van der Waals surface area contributed by atoms with E-state index in [9.17, 15) is 18.0 Å². The summed E-state index contributed by atoms with van der Waals surface area (Å²) < 4.78 is 33.1. The molecule has 0 bridgehead atoms. The molecule has 0 saturated heterocycles. The van der Waals surface area contributed by atoms with Crippen LogP contribution in [0.2, 0.25) is 5.02 Å². The summed E-state index contributed by atoms with van der Waals surface area (Å²) in [5.74, 6) is -0.991. The molecule has 3 aromatic carbocycles. The van der Waals surface area contributed by atoms with Gasteiger partial charge in [0.05, 0.1) is 22.8 Å². The van der Waals surface area contributed by atoms with E-state index in [1.807, 2.05) is 6.92 Å². The number of aryl methyl sites for hydroxylation is 1. The van der Waals surface area contributed by atoms with Crippen LogP contribution in [0, 0.1) is 6.92 Å². The predicted octanol–water partition coefficient (Wildman–Crippen LogP) is 5.44.